The maximum Gasteiger partial charge on any atom is 0.132 e. The highest BCUT2D eigenvalue weighted by atomic mass is 15.0. The highest BCUT2D eigenvalue weighted by molar-refractivity contribution is 5.63. The molecule has 2 aromatic rings. The van der Waals surface area contributed by atoms with E-state index in [9.17, 15) is 0 Å². The number of nitrogens with zero attached hydrogens (tertiary/aromatic N) is 4. The fraction of sp³-hybridized carbons (Fsp3) is 0.333. The molecule has 0 aliphatic heterocycles. The topological polar surface area (TPSA) is 63.6 Å². The van der Waals surface area contributed by atoms with Crippen molar-refractivity contribution in [2.24, 2.45) is 0 Å². The van der Waals surface area contributed by atoms with Gasteiger partial charge in [-0.3, -0.25) is 9.97 Å². The lowest BCUT2D eigenvalue weighted by molar-refractivity contribution is 0.959. The smallest absolute Gasteiger partial charge is 0.132 e. The first-order valence-electron chi connectivity index (χ1n) is 5.64. The Bertz CT molecular complexity index is 484. The predicted octanol–water partition coefficient (Wildman–Crippen LogP) is 2.06. The molecule has 0 saturated carbocycles. The van der Waals surface area contributed by atoms with Crippen molar-refractivity contribution in [3.05, 3.63) is 30.5 Å². The Hall–Kier alpha value is -2.04. The number of nitrogens with one attached hydrogen (secondary N) is 1. The Kier molecular flexibility index (Phi) is 3.59. The minimum Gasteiger partial charge on any atom is -0.370 e. The van der Waals surface area contributed by atoms with Gasteiger partial charge < -0.3 is 5.32 Å². The zero-order chi connectivity index (χ0) is 12.1. The molecule has 0 spiro atoms. The van der Waals surface area contributed by atoms with Gasteiger partial charge in [0.05, 0.1) is 11.9 Å². The van der Waals surface area contributed by atoms with Crippen LogP contribution < -0.4 is 5.32 Å². The number of hydrogen-bond acceptors (Lipinski definition) is 5. The Balaban J connectivity index is 2.36. The molecule has 0 unspecified atom stereocenters. The van der Waals surface area contributed by atoms with E-state index in [1.807, 2.05) is 6.92 Å². The molecule has 0 amide bonds. The average Bonchev–Trinajstić information content (AvgIpc) is 2.39. The summed E-state index contributed by atoms with van der Waals surface area (Å²) < 4.78 is 0. The van der Waals surface area contributed by atoms with Gasteiger partial charge in [-0.05, 0) is 13.3 Å². The van der Waals surface area contributed by atoms with Gasteiger partial charge in [0.15, 0.2) is 0 Å². The summed E-state index contributed by atoms with van der Waals surface area (Å²) in [5, 5.41) is 3.27. The highest BCUT2D eigenvalue weighted by Gasteiger charge is 2.09. The normalized spacial score (nSPS) is 10.2. The number of aromatic nitrogens is 4. The van der Waals surface area contributed by atoms with Crippen molar-refractivity contribution < 1.29 is 0 Å². The third-order valence-corrected chi connectivity index (χ3v) is 2.43. The summed E-state index contributed by atoms with van der Waals surface area (Å²) in [7, 11) is 0. The van der Waals surface area contributed by atoms with E-state index in [1.165, 1.54) is 0 Å². The lowest BCUT2D eigenvalue weighted by atomic mass is 10.2. The predicted molar refractivity (Wildman–Crippen MR) is 66.6 cm³/mol. The molecular formula is C12H15N5. The molecule has 1 N–H and O–H groups in total. The molecule has 0 fully saturated rings. The van der Waals surface area contributed by atoms with Crippen LogP contribution in [0.1, 0.15) is 18.9 Å². The van der Waals surface area contributed by atoms with Gasteiger partial charge in [-0.25, -0.2) is 9.97 Å². The molecule has 0 radical (unpaired) electrons. The molecule has 0 atom stereocenters. The number of rotatable bonds is 4. The van der Waals surface area contributed by atoms with E-state index < -0.39 is 0 Å². The fourth-order valence-electron chi connectivity index (χ4n) is 1.55. The molecule has 0 bridgehead atoms. The van der Waals surface area contributed by atoms with Crippen LogP contribution in [0.3, 0.4) is 0 Å². The van der Waals surface area contributed by atoms with E-state index in [-0.39, 0.29) is 0 Å². The molecular weight excluding hydrogens is 214 g/mol. The Morgan fingerprint density at radius 2 is 2.06 bits per heavy atom. The van der Waals surface area contributed by atoms with Crippen LogP contribution in [0.5, 0.6) is 0 Å². The van der Waals surface area contributed by atoms with Crippen molar-refractivity contribution in [2.45, 2.75) is 20.3 Å². The third kappa shape index (κ3) is 2.55. The van der Waals surface area contributed by atoms with Gasteiger partial charge in [0.1, 0.15) is 17.8 Å². The summed E-state index contributed by atoms with van der Waals surface area (Å²) in [6.07, 6.45) is 7.63. The monoisotopic (exact) mass is 229 g/mol. The Morgan fingerprint density at radius 3 is 2.76 bits per heavy atom. The first kappa shape index (κ1) is 11.4. The average molecular weight is 229 g/mol. The molecule has 88 valence electrons. The van der Waals surface area contributed by atoms with E-state index in [0.717, 1.165) is 35.7 Å². The first-order valence-corrected chi connectivity index (χ1v) is 5.64. The minimum absolute atomic E-state index is 0.770. The van der Waals surface area contributed by atoms with Crippen LogP contribution in [0.2, 0.25) is 0 Å². The maximum absolute atomic E-state index is 4.26. The Morgan fingerprint density at radius 1 is 1.18 bits per heavy atom. The second-order valence-corrected chi connectivity index (χ2v) is 3.71. The van der Waals surface area contributed by atoms with E-state index in [4.69, 9.17) is 0 Å². The summed E-state index contributed by atoms with van der Waals surface area (Å²) in [5.41, 5.74) is 2.60. The zero-order valence-electron chi connectivity index (χ0n) is 10.0. The van der Waals surface area contributed by atoms with Crippen molar-refractivity contribution in [3.63, 3.8) is 0 Å². The molecule has 2 aromatic heterocycles. The summed E-state index contributed by atoms with van der Waals surface area (Å²) in [4.78, 5) is 16.8. The number of hydrogen-bond donors (Lipinski definition) is 1. The summed E-state index contributed by atoms with van der Waals surface area (Å²) in [6.45, 7) is 5.01. The van der Waals surface area contributed by atoms with Gasteiger partial charge >= 0.3 is 0 Å². The highest BCUT2D eigenvalue weighted by Crippen LogP contribution is 2.21. The summed E-state index contributed by atoms with van der Waals surface area (Å²) in [6, 6.07) is 0. The zero-order valence-corrected chi connectivity index (χ0v) is 10.0. The molecule has 5 heteroatoms. The van der Waals surface area contributed by atoms with Crippen LogP contribution in [-0.2, 0) is 0 Å². The van der Waals surface area contributed by atoms with Gasteiger partial charge in [-0.1, -0.05) is 6.92 Å². The lowest BCUT2D eigenvalue weighted by Gasteiger charge is -2.09. The number of anilines is 1. The van der Waals surface area contributed by atoms with Crippen LogP contribution >= 0.6 is 0 Å². The molecule has 2 heterocycles. The SMILES string of the molecule is CCCNc1ncnc(-c2cnccn2)c1C. The molecule has 0 aliphatic carbocycles. The largest absolute Gasteiger partial charge is 0.370 e. The lowest BCUT2D eigenvalue weighted by Crippen LogP contribution is -2.05. The second kappa shape index (κ2) is 5.34. The van der Waals surface area contributed by atoms with E-state index in [0.29, 0.717) is 0 Å². The quantitative estimate of drug-likeness (QED) is 0.869. The Labute approximate surface area is 100 Å². The van der Waals surface area contributed by atoms with Crippen LogP contribution in [0.4, 0.5) is 5.82 Å². The summed E-state index contributed by atoms with van der Waals surface area (Å²) in [5.74, 6) is 0.863. The van der Waals surface area contributed by atoms with Crippen LogP contribution in [0.15, 0.2) is 24.9 Å². The van der Waals surface area contributed by atoms with Crippen molar-refractivity contribution in [2.75, 3.05) is 11.9 Å². The van der Waals surface area contributed by atoms with E-state index in [1.54, 1.807) is 24.9 Å². The van der Waals surface area contributed by atoms with Crippen molar-refractivity contribution in [3.8, 4) is 11.4 Å². The third-order valence-electron chi connectivity index (χ3n) is 2.43. The second-order valence-electron chi connectivity index (χ2n) is 3.71. The van der Waals surface area contributed by atoms with Gasteiger partial charge in [0.2, 0.25) is 0 Å². The van der Waals surface area contributed by atoms with Crippen LogP contribution in [0.25, 0.3) is 11.4 Å². The van der Waals surface area contributed by atoms with Gasteiger partial charge in [-0.2, -0.15) is 0 Å². The van der Waals surface area contributed by atoms with Gasteiger partial charge in [0.25, 0.3) is 0 Å². The first-order chi connectivity index (χ1) is 8.33. The molecule has 5 nitrogen and oxygen atoms in total. The molecule has 2 rings (SSSR count). The van der Waals surface area contributed by atoms with Gasteiger partial charge in [-0.15, -0.1) is 0 Å². The molecule has 0 saturated heterocycles. The molecule has 17 heavy (non-hydrogen) atoms. The van der Waals surface area contributed by atoms with E-state index >= 15 is 0 Å². The van der Waals surface area contributed by atoms with Crippen LogP contribution in [-0.4, -0.2) is 26.5 Å². The standard InChI is InChI=1S/C12H15N5/c1-3-4-15-12-9(2)11(16-8-17-12)10-7-13-5-6-14-10/h5-8H,3-4H2,1-2H3,(H,15,16,17). The maximum atomic E-state index is 4.26. The van der Waals surface area contributed by atoms with Crippen LogP contribution in [0, 0.1) is 6.92 Å². The van der Waals surface area contributed by atoms with Crippen molar-refractivity contribution >= 4 is 5.82 Å². The fourth-order valence-corrected chi connectivity index (χ4v) is 1.55. The molecule has 0 aromatic carbocycles. The van der Waals surface area contributed by atoms with E-state index in [2.05, 4.69) is 32.2 Å². The van der Waals surface area contributed by atoms with Crippen molar-refractivity contribution in [1.82, 2.24) is 19.9 Å². The molecule has 0 aliphatic rings. The minimum atomic E-state index is 0.770. The van der Waals surface area contributed by atoms with Crippen molar-refractivity contribution in [1.29, 1.82) is 0 Å². The summed E-state index contributed by atoms with van der Waals surface area (Å²) >= 11 is 0. The van der Waals surface area contributed by atoms with Gasteiger partial charge in [0, 0.05) is 24.5 Å².